The Morgan fingerprint density at radius 1 is 1.21 bits per heavy atom. The highest BCUT2D eigenvalue weighted by Crippen LogP contribution is 2.34. The van der Waals surface area contributed by atoms with Crippen molar-refractivity contribution in [2.24, 2.45) is 5.92 Å². The number of carboxylic acid groups (broad SMARTS) is 1. The van der Waals surface area contributed by atoms with Gasteiger partial charge in [-0.3, -0.25) is 4.79 Å². The van der Waals surface area contributed by atoms with Crippen LogP contribution in [0.4, 0.5) is 0 Å². The van der Waals surface area contributed by atoms with Gasteiger partial charge in [-0.1, -0.05) is 13.5 Å². The molecule has 0 bridgehead atoms. The van der Waals surface area contributed by atoms with Crippen molar-refractivity contribution in [2.45, 2.75) is 69.1 Å². The summed E-state index contributed by atoms with van der Waals surface area (Å²) in [4.78, 5) is 11.3. The first-order chi connectivity index (χ1) is 13.4. The van der Waals surface area contributed by atoms with Crippen molar-refractivity contribution in [3.05, 3.63) is 18.4 Å². The monoisotopic (exact) mass is 400 g/mol. The largest absolute Gasteiger partial charge is 0.481 e. The smallest absolute Gasteiger partial charge is 0.305 e. The van der Waals surface area contributed by atoms with Crippen molar-refractivity contribution < 1.29 is 38.3 Å². The van der Waals surface area contributed by atoms with Crippen molar-refractivity contribution in [1.82, 2.24) is 0 Å². The van der Waals surface area contributed by atoms with Crippen molar-refractivity contribution >= 4 is 5.97 Å². The molecule has 0 aromatic heterocycles. The lowest BCUT2D eigenvalue weighted by molar-refractivity contribution is -0.308. The predicted molar refractivity (Wildman–Crippen MR) is 100 cm³/mol. The van der Waals surface area contributed by atoms with Crippen LogP contribution in [0, 0.1) is 5.92 Å². The van der Waals surface area contributed by atoms with Crippen molar-refractivity contribution in [2.75, 3.05) is 27.9 Å². The molecule has 0 amide bonds. The van der Waals surface area contributed by atoms with E-state index in [4.69, 9.17) is 28.4 Å². The first kappa shape index (κ1) is 23.0. The van der Waals surface area contributed by atoms with Crippen LogP contribution in [-0.2, 0) is 33.2 Å². The first-order valence-electron chi connectivity index (χ1n) is 9.52. The van der Waals surface area contributed by atoms with E-state index in [0.29, 0.717) is 19.4 Å². The van der Waals surface area contributed by atoms with Gasteiger partial charge >= 0.3 is 5.97 Å². The number of rotatable bonds is 9. The van der Waals surface area contributed by atoms with Gasteiger partial charge in [0, 0.05) is 33.7 Å². The standard InChI is InChI=1S/C20H32O8/c1-6-7-8-13-9-14(12(2)15(27-13)10-17(21)22)28-20-19(25-5)18(24-4)16(23-3)11-26-20/h7,12-16,18-20H,1,8-11H2,2-5H3,(H,21,22)/t12-,13-,14+,15+,16-,18+,19-,20+/m1/s1. The van der Waals surface area contributed by atoms with Crippen LogP contribution in [0.15, 0.2) is 18.4 Å². The van der Waals surface area contributed by atoms with E-state index < -0.39 is 24.5 Å². The Morgan fingerprint density at radius 3 is 2.50 bits per heavy atom. The molecule has 160 valence electrons. The Labute approximate surface area is 166 Å². The number of hydrogen-bond acceptors (Lipinski definition) is 7. The van der Waals surface area contributed by atoms with E-state index in [2.05, 4.69) is 12.3 Å². The third-order valence-corrected chi connectivity index (χ3v) is 5.48. The van der Waals surface area contributed by atoms with Crippen molar-refractivity contribution in [3.63, 3.8) is 0 Å². The van der Waals surface area contributed by atoms with Gasteiger partial charge in [0.2, 0.25) is 0 Å². The molecule has 2 aliphatic rings. The third kappa shape index (κ3) is 5.64. The van der Waals surface area contributed by atoms with E-state index in [1.807, 2.05) is 6.92 Å². The molecule has 2 rings (SSSR count). The molecular formula is C20H32O8. The van der Waals surface area contributed by atoms with Crippen molar-refractivity contribution in [1.29, 1.82) is 0 Å². The third-order valence-electron chi connectivity index (χ3n) is 5.48. The van der Waals surface area contributed by atoms with Crippen LogP contribution in [0.1, 0.15) is 26.2 Å². The molecule has 0 aromatic rings. The summed E-state index contributed by atoms with van der Waals surface area (Å²) >= 11 is 0. The van der Waals surface area contributed by atoms with Crippen LogP contribution in [-0.4, -0.2) is 81.9 Å². The zero-order valence-corrected chi connectivity index (χ0v) is 17.0. The van der Waals surface area contributed by atoms with Crippen molar-refractivity contribution in [3.8, 4) is 0 Å². The summed E-state index contributed by atoms with van der Waals surface area (Å²) in [7, 11) is 4.78. The van der Waals surface area contributed by atoms with E-state index in [0.717, 1.165) is 0 Å². The second-order valence-electron chi connectivity index (χ2n) is 7.18. The number of carbonyl (C=O) groups is 1. The lowest BCUT2D eigenvalue weighted by atomic mass is 9.87. The molecule has 2 heterocycles. The summed E-state index contributed by atoms with van der Waals surface area (Å²) in [6.07, 6.45) is 0.329. The molecule has 0 unspecified atom stereocenters. The lowest BCUT2D eigenvalue weighted by Crippen LogP contribution is -2.58. The minimum absolute atomic E-state index is 0.0823. The topological polar surface area (TPSA) is 92.7 Å². The summed E-state index contributed by atoms with van der Waals surface area (Å²) in [5.41, 5.74) is 2.73. The maximum Gasteiger partial charge on any atom is 0.305 e. The zero-order chi connectivity index (χ0) is 20.7. The number of aliphatic carboxylic acids is 1. The van der Waals surface area contributed by atoms with Crippen LogP contribution in [0.25, 0.3) is 0 Å². The molecule has 2 saturated heterocycles. The fourth-order valence-corrected chi connectivity index (χ4v) is 3.86. The summed E-state index contributed by atoms with van der Waals surface area (Å²) in [5.74, 6) is -1.02. The van der Waals surface area contributed by atoms with Gasteiger partial charge in [-0.25, -0.2) is 0 Å². The number of ether oxygens (including phenoxy) is 6. The molecular weight excluding hydrogens is 368 g/mol. The molecule has 0 spiro atoms. The van der Waals surface area contributed by atoms with Crippen LogP contribution in [0.2, 0.25) is 0 Å². The van der Waals surface area contributed by atoms with E-state index in [-0.39, 0.29) is 36.8 Å². The SMILES string of the molecule is C=C=CC[C@@H]1C[C@H](O[C@@H]2OC[C@@H](OC)[C@H](OC)[C@H]2OC)[C@@H](C)[C@H](CC(=O)O)O1. The number of methoxy groups -OCH3 is 3. The van der Waals surface area contributed by atoms with Gasteiger partial charge in [-0.2, -0.15) is 0 Å². The molecule has 28 heavy (non-hydrogen) atoms. The van der Waals surface area contributed by atoms with Crippen LogP contribution >= 0.6 is 0 Å². The van der Waals surface area contributed by atoms with Crippen LogP contribution in [0.3, 0.4) is 0 Å². The van der Waals surface area contributed by atoms with Gasteiger partial charge in [0.1, 0.15) is 18.3 Å². The van der Waals surface area contributed by atoms with Gasteiger partial charge in [0.25, 0.3) is 0 Å². The first-order valence-corrected chi connectivity index (χ1v) is 9.52. The predicted octanol–water partition coefficient (Wildman–Crippen LogP) is 1.77. The summed E-state index contributed by atoms with van der Waals surface area (Å²) in [6.45, 7) is 5.83. The highest BCUT2D eigenvalue weighted by atomic mass is 16.7. The highest BCUT2D eigenvalue weighted by molar-refractivity contribution is 5.67. The Hall–Kier alpha value is -1.25. The van der Waals surface area contributed by atoms with Crippen LogP contribution in [0.5, 0.6) is 0 Å². The van der Waals surface area contributed by atoms with Crippen LogP contribution < -0.4 is 0 Å². The van der Waals surface area contributed by atoms with Gasteiger partial charge in [-0.05, 0) is 12.5 Å². The molecule has 0 aliphatic carbocycles. The maximum atomic E-state index is 11.3. The molecule has 0 radical (unpaired) electrons. The maximum absolute atomic E-state index is 11.3. The Balaban J connectivity index is 2.13. The highest BCUT2D eigenvalue weighted by Gasteiger charge is 2.45. The van der Waals surface area contributed by atoms with E-state index in [1.165, 1.54) is 0 Å². The minimum Gasteiger partial charge on any atom is -0.481 e. The zero-order valence-electron chi connectivity index (χ0n) is 17.0. The van der Waals surface area contributed by atoms with Gasteiger partial charge in [-0.15, -0.1) is 5.73 Å². The quantitative estimate of drug-likeness (QED) is 0.586. The Kier molecular flexibility index (Phi) is 9.11. The summed E-state index contributed by atoms with van der Waals surface area (Å²) in [5, 5.41) is 9.23. The van der Waals surface area contributed by atoms with Gasteiger partial charge < -0.3 is 33.5 Å². The average molecular weight is 400 g/mol. The second-order valence-corrected chi connectivity index (χ2v) is 7.18. The number of hydrogen-bond donors (Lipinski definition) is 1. The fraction of sp³-hybridized carbons (Fsp3) is 0.800. The van der Waals surface area contributed by atoms with E-state index >= 15 is 0 Å². The van der Waals surface area contributed by atoms with E-state index in [1.54, 1.807) is 27.4 Å². The Bertz CT molecular complexity index is 546. The minimum atomic E-state index is -0.901. The second kappa shape index (κ2) is 11.1. The Morgan fingerprint density at radius 2 is 1.93 bits per heavy atom. The summed E-state index contributed by atoms with van der Waals surface area (Å²) < 4.78 is 34.7. The molecule has 2 fully saturated rings. The average Bonchev–Trinajstić information content (AvgIpc) is 2.68. The molecule has 2 aliphatic heterocycles. The van der Waals surface area contributed by atoms with Gasteiger partial charge in [0.05, 0.1) is 31.3 Å². The molecule has 1 N–H and O–H groups in total. The molecule has 8 nitrogen and oxygen atoms in total. The molecule has 8 atom stereocenters. The molecule has 0 saturated carbocycles. The molecule has 0 aromatic carbocycles. The molecule has 8 heteroatoms. The lowest BCUT2D eigenvalue weighted by Gasteiger charge is -2.45. The number of carboxylic acids is 1. The normalized spacial score (nSPS) is 38.6. The van der Waals surface area contributed by atoms with Gasteiger partial charge in [0.15, 0.2) is 6.29 Å². The fourth-order valence-electron chi connectivity index (χ4n) is 3.86. The summed E-state index contributed by atoms with van der Waals surface area (Å²) in [6, 6.07) is 0. The van der Waals surface area contributed by atoms with E-state index in [9.17, 15) is 9.90 Å².